The highest BCUT2D eigenvalue weighted by Crippen LogP contribution is 2.37. The van der Waals surface area contributed by atoms with Crippen molar-refractivity contribution in [2.45, 2.75) is 24.6 Å². The van der Waals surface area contributed by atoms with Gasteiger partial charge >= 0.3 is 11.9 Å². The number of pyridine rings is 1. The van der Waals surface area contributed by atoms with E-state index in [1.165, 1.54) is 18.7 Å². The van der Waals surface area contributed by atoms with Gasteiger partial charge in [0.15, 0.2) is 0 Å². The zero-order valence-corrected chi connectivity index (χ0v) is 18.1. The van der Waals surface area contributed by atoms with Crippen LogP contribution >= 0.6 is 27.7 Å². The third-order valence-electron chi connectivity index (χ3n) is 4.10. The van der Waals surface area contributed by atoms with E-state index in [1.54, 1.807) is 19.2 Å². The summed E-state index contributed by atoms with van der Waals surface area (Å²) in [6, 6.07) is 9.24. The van der Waals surface area contributed by atoms with Gasteiger partial charge in [0.1, 0.15) is 5.75 Å². The number of aryl methyl sites for hydroxylation is 1. The number of ether oxygens (including phenoxy) is 2. The minimum Gasteiger partial charge on any atom is -0.462 e. The third kappa shape index (κ3) is 4.23. The summed E-state index contributed by atoms with van der Waals surface area (Å²) in [5, 5.41) is 1.54. The number of halogens is 1. The molecular weight excluding hydrogens is 444 g/mol. The molecule has 0 bridgehead atoms. The molecule has 2 heterocycles. The number of carbonyl (C=O) groups excluding carboxylic acids is 2. The van der Waals surface area contributed by atoms with Gasteiger partial charge in [-0.3, -0.25) is 4.79 Å². The fraction of sp³-hybridized carbons (Fsp3) is 0.250. The fourth-order valence-corrected chi connectivity index (χ4v) is 4.24. The van der Waals surface area contributed by atoms with Crippen molar-refractivity contribution >= 4 is 50.5 Å². The van der Waals surface area contributed by atoms with Crippen LogP contribution in [0.25, 0.3) is 10.9 Å². The molecule has 0 aliphatic heterocycles. The van der Waals surface area contributed by atoms with Gasteiger partial charge in [-0.05, 0) is 47.1 Å². The van der Waals surface area contributed by atoms with Crippen LogP contribution in [0.1, 0.15) is 29.9 Å². The highest BCUT2D eigenvalue weighted by atomic mass is 79.9. The highest BCUT2D eigenvalue weighted by molar-refractivity contribution is 9.10. The molecule has 3 aromatic rings. The van der Waals surface area contributed by atoms with E-state index in [2.05, 4.69) is 20.9 Å². The average molecular weight is 463 g/mol. The monoisotopic (exact) mass is 462 g/mol. The summed E-state index contributed by atoms with van der Waals surface area (Å²) in [5.74, 6) is 0.0668. The second-order valence-electron chi connectivity index (χ2n) is 5.95. The summed E-state index contributed by atoms with van der Waals surface area (Å²) in [6.07, 6.45) is 1.73. The van der Waals surface area contributed by atoms with Gasteiger partial charge < -0.3 is 14.0 Å². The van der Waals surface area contributed by atoms with E-state index in [0.717, 1.165) is 16.2 Å². The van der Waals surface area contributed by atoms with Gasteiger partial charge in [-0.25, -0.2) is 9.78 Å². The number of rotatable bonds is 6. The number of esters is 2. The predicted molar refractivity (Wildman–Crippen MR) is 112 cm³/mol. The molecule has 0 radical (unpaired) electrons. The minimum atomic E-state index is -0.431. The molecule has 0 aliphatic rings. The second-order valence-corrected chi connectivity index (χ2v) is 7.80. The predicted octanol–water partition coefficient (Wildman–Crippen LogP) is 4.73. The first kappa shape index (κ1) is 20.4. The molecule has 146 valence electrons. The molecule has 0 fully saturated rings. The number of hydrogen-bond acceptors (Lipinski definition) is 6. The molecule has 3 rings (SSSR count). The smallest absolute Gasteiger partial charge is 0.340 e. The Labute approximate surface area is 175 Å². The van der Waals surface area contributed by atoms with Crippen LogP contribution in [0, 0.1) is 0 Å². The Bertz CT molecular complexity index is 1030. The number of nitrogens with zero attached hydrogens (tertiary/aromatic N) is 2. The maximum atomic E-state index is 12.7. The molecule has 1 aromatic carbocycles. The number of thioether (sulfide) groups is 1. The molecular formula is C20H19BrN2O4S. The lowest BCUT2D eigenvalue weighted by Crippen LogP contribution is -2.08. The van der Waals surface area contributed by atoms with Crippen LogP contribution in [-0.2, 0) is 22.3 Å². The van der Waals surface area contributed by atoms with Crippen molar-refractivity contribution in [3.05, 3.63) is 52.3 Å². The van der Waals surface area contributed by atoms with Gasteiger partial charge in [0.25, 0.3) is 0 Å². The standard InChI is InChI=1S/C20H19BrN2O4S/c1-4-26-20(25)19-13-9-17(27-12(2)24)14(21)10-15(13)23(3)16(19)11-28-18-7-5-6-8-22-18/h5-10H,4,11H2,1-3H3. The van der Waals surface area contributed by atoms with Crippen molar-refractivity contribution in [3.8, 4) is 5.75 Å². The number of fused-ring (bicyclic) bond motifs is 1. The van der Waals surface area contributed by atoms with Crippen LogP contribution in [0.2, 0.25) is 0 Å². The first-order valence-corrected chi connectivity index (χ1v) is 10.4. The maximum absolute atomic E-state index is 12.7. The first-order valence-electron chi connectivity index (χ1n) is 8.62. The molecule has 0 aliphatic carbocycles. The second kappa shape index (κ2) is 8.79. The molecule has 0 N–H and O–H groups in total. The van der Waals surface area contributed by atoms with Crippen molar-refractivity contribution in [3.63, 3.8) is 0 Å². The fourth-order valence-electron chi connectivity index (χ4n) is 2.90. The molecule has 8 heteroatoms. The largest absolute Gasteiger partial charge is 0.462 e. The van der Waals surface area contributed by atoms with E-state index in [9.17, 15) is 9.59 Å². The van der Waals surface area contributed by atoms with Gasteiger partial charge in [-0.1, -0.05) is 6.07 Å². The summed E-state index contributed by atoms with van der Waals surface area (Å²) < 4.78 is 13.2. The maximum Gasteiger partial charge on any atom is 0.340 e. The molecule has 0 amide bonds. The Morgan fingerprint density at radius 3 is 2.71 bits per heavy atom. The summed E-state index contributed by atoms with van der Waals surface area (Å²) >= 11 is 4.97. The van der Waals surface area contributed by atoms with E-state index in [4.69, 9.17) is 9.47 Å². The molecule has 0 unspecified atom stereocenters. The minimum absolute atomic E-state index is 0.273. The lowest BCUT2D eigenvalue weighted by Gasteiger charge is -2.07. The van der Waals surface area contributed by atoms with Gasteiger partial charge in [0.05, 0.1) is 27.2 Å². The number of hydrogen-bond donors (Lipinski definition) is 0. The summed E-state index contributed by atoms with van der Waals surface area (Å²) in [6.45, 7) is 3.38. The van der Waals surface area contributed by atoms with E-state index in [0.29, 0.717) is 26.9 Å². The zero-order valence-electron chi connectivity index (χ0n) is 15.7. The number of carbonyl (C=O) groups is 2. The normalized spacial score (nSPS) is 10.9. The summed E-state index contributed by atoms with van der Waals surface area (Å²) in [7, 11) is 1.90. The Kier molecular flexibility index (Phi) is 6.41. The lowest BCUT2D eigenvalue weighted by molar-refractivity contribution is -0.131. The molecule has 2 aromatic heterocycles. The Hall–Kier alpha value is -2.32. The van der Waals surface area contributed by atoms with Crippen LogP contribution in [0.5, 0.6) is 5.75 Å². The first-order chi connectivity index (χ1) is 13.4. The zero-order chi connectivity index (χ0) is 20.3. The van der Waals surface area contributed by atoms with E-state index in [-0.39, 0.29) is 6.61 Å². The van der Waals surface area contributed by atoms with Crippen molar-refractivity contribution in [2.24, 2.45) is 7.05 Å². The summed E-state index contributed by atoms with van der Waals surface area (Å²) in [5.41, 5.74) is 2.13. The molecule has 0 atom stereocenters. The molecule has 0 saturated carbocycles. The lowest BCUT2D eigenvalue weighted by atomic mass is 10.1. The Morgan fingerprint density at radius 2 is 2.07 bits per heavy atom. The van der Waals surface area contributed by atoms with Crippen molar-refractivity contribution in [2.75, 3.05) is 6.61 Å². The summed E-state index contributed by atoms with van der Waals surface area (Å²) in [4.78, 5) is 28.5. The number of benzene rings is 1. The Balaban J connectivity index is 2.12. The van der Waals surface area contributed by atoms with Crippen LogP contribution < -0.4 is 4.74 Å². The van der Waals surface area contributed by atoms with E-state index in [1.807, 2.05) is 35.9 Å². The van der Waals surface area contributed by atoms with E-state index < -0.39 is 11.9 Å². The van der Waals surface area contributed by atoms with Crippen molar-refractivity contribution in [1.29, 1.82) is 0 Å². The molecule has 0 spiro atoms. The molecule has 6 nitrogen and oxygen atoms in total. The van der Waals surface area contributed by atoms with Crippen molar-refractivity contribution in [1.82, 2.24) is 9.55 Å². The van der Waals surface area contributed by atoms with Crippen LogP contribution in [0.15, 0.2) is 46.0 Å². The molecule has 0 saturated heterocycles. The van der Waals surface area contributed by atoms with E-state index >= 15 is 0 Å². The van der Waals surface area contributed by atoms with Gasteiger partial charge in [-0.15, -0.1) is 11.8 Å². The van der Waals surface area contributed by atoms with Crippen LogP contribution in [0.4, 0.5) is 0 Å². The van der Waals surface area contributed by atoms with Crippen LogP contribution in [-0.4, -0.2) is 28.1 Å². The average Bonchev–Trinajstić information content (AvgIpc) is 2.92. The highest BCUT2D eigenvalue weighted by Gasteiger charge is 2.24. The quantitative estimate of drug-likeness (QED) is 0.299. The van der Waals surface area contributed by atoms with Crippen molar-refractivity contribution < 1.29 is 19.1 Å². The molecule has 28 heavy (non-hydrogen) atoms. The van der Waals surface area contributed by atoms with Gasteiger partial charge in [-0.2, -0.15) is 0 Å². The third-order valence-corrected chi connectivity index (χ3v) is 5.68. The topological polar surface area (TPSA) is 70.4 Å². The number of aromatic nitrogens is 2. The van der Waals surface area contributed by atoms with Gasteiger partial charge in [0.2, 0.25) is 0 Å². The Morgan fingerprint density at radius 1 is 1.29 bits per heavy atom. The SMILES string of the molecule is CCOC(=O)c1c(CSc2ccccn2)n(C)c2cc(Br)c(OC(C)=O)cc12. The van der Waals surface area contributed by atoms with Gasteiger partial charge in [0, 0.05) is 37.0 Å². The van der Waals surface area contributed by atoms with Crippen LogP contribution in [0.3, 0.4) is 0 Å².